The summed E-state index contributed by atoms with van der Waals surface area (Å²) in [5, 5.41) is 8.79. The van der Waals surface area contributed by atoms with Crippen LogP contribution in [0, 0.1) is 0 Å². The van der Waals surface area contributed by atoms with Crippen molar-refractivity contribution in [2.75, 3.05) is 13.2 Å². The van der Waals surface area contributed by atoms with Crippen LogP contribution in [0.2, 0.25) is 0 Å². The molecular formula is C10H18N2O2. The minimum absolute atomic E-state index is 0.00366. The maximum atomic E-state index is 8.79. The number of nitrogens with zero attached hydrogens (tertiary/aromatic N) is 2. The van der Waals surface area contributed by atoms with Gasteiger partial charge in [0.2, 0.25) is 0 Å². The third-order valence-electron chi connectivity index (χ3n) is 1.98. The molecule has 1 heterocycles. The van der Waals surface area contributed by atoms with E-state index in [1.54, 1.807) is 6.33 Å². The van der Waals surface area contributed by atoms with E-state index in [1.165, 1.54) is 6.42 Å². The summed E-state index contributed by atoms with van der Waals surface area (Å²) in [4.78, 5) is 4.01. The third-order valence-corrected chi connectivity index (χ3v) is 1.98. The summed E-state index contributed by atoms with van der Waals surface area (Å²) in [5.41, 5.74) is 0.707. The molecule has 0 aliphatic rings. The summed E-state index contributed by atoms with van der Waals surface area (Å²) in [6, 6.07) is 0. The average Bonchev–Trinajstić information content (AvgIpc) is 2.65. The van der Waals surface area contributed by atoms with Crippen LogP contribution in [0.1, 0.15) is 25.5 Å². The van der Waals surface area contributed by atoms with Crippen LogP contribution in [-0.4, -0.2) is 27.9 Å². The Bertz CT molecular complexity index is 248. The zero-order valence-electron chi connectivity index (χ0n) is 8.65. The molecule has 0 saturated heterocycles. The highest BCUT2D eigenvalue weighted by atomic mass is 16.5. The molecule has 14 heavy (non-hydrogen) atoms. The first-order chi connectivity index (χ1) is 6.86. The Morgan fingerprint density at radius 2 is 2.36 bits per heavy atom. The largest absolute Gasteiger partial charge is 0.390 e. The molecule has 4 heteroatoms. The van der Waals surface area contributed by atoms with E-state index < -0.39 is 0 Å². The second-order valence-corrected chi connectivity index (χ2v) is 3.23. The van der Waals surface area contributed by atoms with Crippen molar-refractivity contribution >= 4 is 0 Å². The fourth-order valence-corrected chi connectivity index (χ4v) is 1.13. The van der Waals surface area contributed by atoms with Crippen LogP contribution in [0.3, 0.4) is 0 Å². The van der Waals surface area contributed by atoms with E-state index >= 15 is 0 Å². The number of ether oxygens (including phenoxy) is 1. The summed E-state index contributed by atoms with van der Waals surface area (Å²) >= 11 is 0. The summed E-state index contributed by atoms with van der Waals surface area (Å²) < 4.78 is 7.34. The molecule has 0 fully saturated rings. The molecule has 0 aliphatic heterocycles. The second kappa shape index (κ2) is 6.56. The van der Waals surface area contributed by atoms with Crippen LogP contribution in [-0.2, 0) is 17.9 Å². The highest BCUT2D eigenvalue weighted by Gasteiger charge is 1.96. The fourth-order valence-electron chi connectivity index (χ4n) is 1.13. The van der Waals surface area contributed by atoms with Gasteiger partial charge in [0.15, 0.2) is 0 Å². The summed E-state index contributed by atoms with van der Waals surface area (Å²) in [6.45, 7) is 4.49. The quantitative estimate of drug-likeness (QED) is 0.669. The maximum Gasteiger partial charge on any atom is 0.0951 e. The average molecular weight is 198 g/mol. The molecule has 0 aromatic carbocycles. The molecule has 1 aromatic heterocycles. The van der Waals surface area contributed by atoms with Gasteiger partial charge in [-0.15, -0.1) is 0 Å². The molecule has 1 N–H and O–H groups in total. The van der Waals surface area contributed by atoms with E-state index in [-0.39, 0.29) is 6.61 Å². The molecule has 0 unspecified atom stereocenters. The minimum atomic E-state index is 0.00366. The van der Waals surface area contributed by atoms with E-state index in [4.69, 9.17) is 9.84 Å². The van der Waals surface area contributed by atoms with Gasteiger partial charge in [-0.05, 0) is 6.42 Å². The molecule has 0 spiro atoms. The van der Waals surface area contributed by atoms with Crippen molar-refractivity contribution in [3.8, 4) is 0 Å². The van der Waals surface area contributed by atoms with Crippen LogP contribution in [0.4, 0.5) is 0 Å². The van der Waals surface area contributed by atoms with Gasteiger partial charge in [-0.3, -0.25) is 0 Å². The zero-order valence-corrected chi connectivity index (χ0v) is 8.65. The Hall–Kier alpha value is -0.870. The molecule has 0 aliphatic carbocycles. The van der Waals surface area contributed by atoms with Crippen molar-refractivity contribution in [1.82, 2.24) is 9.55 Å². The summed E-state index contributed by atoms with van der Waals surface area (Å²) in [6.07, 6.45) is 5.84. The molecule has 0 saturated carbocycles. The molecule has 0 bridgehead atoms. The fraction of sp³-hybridized carbons (Fsp3) is 0.700. The third kappa shape index (κ3) is 3.89. The zero-order chi connectivity index (χ0) is 10.2. The molecule has 0 radical (unpaired) electrons. The smallest absolute Gasteiger partial charge is 0.0951 e. The highest BCUT2D eigenvalue weighted by Crippen LogP contribution is 1.96. The lowest BCUT2D eigenvalue weighted by Crippen LogP contribution is -2.04. The number of unbranched alkanes of at least 4 members (excludes halogenated alkanes) is 1. The van der Waals surface area contributed by atoms with Crippen molar-refractivity contribution in [2.45, 2.75) is 32.9 Å². The van der Waals surface area contributed by atoms with Gasteiger partial charge in [-0.2, -0.15) is 0 Å². The molecule has 1 aromatic rings. The number of aliphatic hydroxyl groups excluding tert-OH is 1. The van der Waals surface area contributed by atoms with E-state index in [2.05, 4.69) is 11.9 Å². The Balaban J connectivity index is 2.12. The van der Waals surface area contributed by atoms with Gasteiger partial charge in [0.25, 0.3) is 0 Å². The molecule has 0 amide bonds. The topological polar surface area (TPSA) is 47.3 Å². The monoisotopic (exact) mass is 198 g/mol. The van der Waals surface area contributed by atoms with Gasteiger partial charge in [0.05, 0.1) is 25.2 Å². The first-order valence-electron chi connectivity index (χ1n) is 5.06. The number of rotatable bonds is 7. The molecular weight excluding hydrogens is 180 g/mol. The lowest BCUT2D eigenvalue weighted by atomic mass is 10.4. The first kappa shape index (κ1) is 11.2. The molecule has 4 nitrogen and oxygen atoms in total. The van der Waals surface area contributed by atoms with E-state index in [9.17, 15) is 0 Å². The molecule has 0 atom stereocenters. The number of aromatic nitrogens is 2. The van der Waals surface area contributed by atoms with Crippen LogP contribution in [0.15, 0.2) is 12.5 Å². The lowest BCUT2D eigenvalue weighted by Gasteiger charge is -2.03. The Morgan fingerprint density at radius 1 is 1.50 bits per heavy atom. The minimum Gasteiger partial charge on any atom is -0.390 e. The van der Waals surface area contributed by atoms with E-state index in [0.717, 1.165) is 19.6 Å². The van der Waals surface area contributed by atoms with Crippen molar-refractivity contribution in [3.05, 3.63) is 18.2 Å². The number of imidazole rings is 1. The maximum absolute atomic E-state index is 8.79. The number of hydrogen-bond acceptors (Lipinski definition) is 3. The Morgan fingerprint density at radius 3 is 3.00 bits per heavy atom. The van der Waals surface area contributed by atoms with Crippen molar-refractivity contribution < 1.29 is 9.84 Å². The predicted molar refractivity (Wildman–Crippen MR) is 53.9 cm³/mol. The van der Waals surface area contributed by atoms with Crippen LogP contribution >= 0.6 is 0 Å². The van der Waals surface area contributed by atoms with E-state index in [1.807, 2.05) is 10.8 Å². The van der Waals surface area contributed by atoms with Gasteiger partial charge in [0, 0.05) is 19.3 Å². The number of hydrogen-bond donors (Lipinski definition) is 1. The van der Waals surface area contributed by atoms with Gasteiger partial charge in [-0.25, -0.2) is 4.98 Å². The standard InChI is InChI=1S/C10H18N2O2/c1-2-3-5-14-6-4-12-7-10(8-13)11-9-12/h7,9,13H,2-6,8H2,1H3. The van der Waals surface area contributed by atoms with Crippen molar-refractivity contribution in [3.63, 3.8) is 0 Å². The summed E-state index contributed by atoms with van der Waals surface area (Å²) in [7, 11) is 0. The number of aliphatic hydroxyl groups is 1. The van der Waals surface area contributed by atoms with Gasteiger partial charge in [-0.1, -0.05) is 13.3 Å². The Kier molecular flexibility index (Phi) is 5.25. The van der Waals surface area contributed by atoms with Gasteiger partial charge >= 0.3 is 0 Å². The SMILES string of the molecule is CCCCOCCn1cnc(CO)c1. The Labute approximate surface area is 84.5 Å². The van der Waals surface area contributed by atoms with Crippen LogP contribution < -0.4 is 0 Å². The molecule has 1 rings (SSSR count). The first-order valence-corrected chi connectivity index (χ1v) is 5.06. The predicted octanol–water partition coefficient (Wildman–Crippen LogP) is 1.19. The highest BCUT2D eigenvalue weighted by molar-refractivity contribution is 4.93. The van der Waals surface area contributed by atoms with Crippen LogP contribution in [0.5, 0.6) is 0 Å². The van der Waals surface area contributed by atoms with Gasteiger partial charge in [0.1, 0.15) is 0 Å². The van der Waals surface area contributed by atoms with Crippen LogP contribution in [0.25, 0.3) is 0 Å². The lowest BCUT2D eigenvalue weighted by molar-refractivity contribution is 0.123. The van der Waals surface area contributed by atoms with Crippen molar-refractivity contribution in [1.29, 1.82) is 0 Å². The normalized spacial score (nSPS) is 10.7. The van der Waals surface area contributed by atoms with E-state index in [0.29, 0.717) is 12.3 Å². The second-order valence-electron chi connectivity index (χ2n) is 3.23. The molecule has 80 valence electrons. The summed E-state index contributed by atoms with van der Waals surface area (Å²) in [5.74, 6) is 0. The van der Waals surface area contributed by atoms with Crippen molar-refractivity contribution in [2.24, 2.45) is 0 Å². The van der Waals surface area contributed by atoms with Gasteiger partial charge < -0.3 is 14.4 Å².